The van der Waals surface area contributed by atoms with Gasteiger partial charge in [0.05, 0.1) is 19.1 Å². The second kappa shape index (κ2) is 10.9. The van der Waals surface area contributed by atoms with Crippen LogP contribution in [0.2, 0.25) is 0 Å². The van der Waals surface area contributed by atoms with Gasteiger partial charge >= 0.3 is 0 Å². The van der Waals surface area contributed by atoms with Crippen LogP contribution in [0.4, 0.5) is 5.69 Å². The predicted molar refractivity (Wildman–Crippen MR) is 124 cm³/mol. The number of anilines is 1. The molecule has 2 aromatic rings. The molecule has 5 heteroatoms. The predicted octanol–water partition coefficient (Wildman–Crippen LogP) is 4.39. The first-order chi connectivity index (χ1) is 14.2. The lowest BCUT2D eigenvalue weighted by Crippen LogP contribution is -2.40. The fourth-order valence-corrected chi connectivity index (χ4v) is 3.78. The van der Waals surface area contributed by atoms with E-state index in [1.807, 2.05) is 51.1 Å². The summed E-state index contributed by atoms with van der Waals surface area (Å²) >= 11 is 0. The second-order valence-electron chi connectivity index (χ2n) is 8.65. The molecule has 2 aromatic carbocycles. The quantitative estimate of drug-likeness (QED) is 0.646. The number of rotatable bonds is 9. The van der Waals surface area contributed by atoms with Crippen molar-refractivity contribution in [1.29, 1.82) is 0 Å². The first-order valence-electron chi connectivity index (χ1n) is 10.6. The lowest BCUT2D eigenvalue weighted by atomic mass is 9.97. The molecule has 0 spiro atoms. The molecular weight excluding hydrogens is 374 g/mol. The number of carbonyl (C=O) groups is 2. The van der Waals surface area contributed by atoms with Crippen molar-refractivity contribution in [3.8, 4) is 0 Å². The number of nitrogens with zero attached hydrogens (tertiary/aromatic N) is 1. The van der Waals surface area contributed by atoms with Gasteiger partial charge in [-0.15, -0.1) is 0 Å². The van der Waals surface area contributed by atoms with Crippen LogP contribution in [-0.2, 0) is 9.59 Å². The van der Waals surface area contributed by atoms with E-state index in [0.717, 1.165) is 28.8 Å². The van der Waals surface area contributed by atoms with Crippen LogP contribution in [0.3, 0.4) is 0 Å². The van der Waals surface area contributed by atoms with Gasteiger partial charge < -0.3 is 10.6 Å². The Labute approximate surface area is 180 Å². The summed E-state index contributed by atoms with van der Waals surface area (Å²) < 4.78 is 0. The molecule has 0 aliphatic carbocycles. The van der Waals surface area contributed by atoms with Crippen molar-refractivity contribution in [3.63, 3.8) is 0 Å². The first kappa shape index (κ1) is 23.6. The molecule has 0 bridgehead atoms. The summed E-state index contributed by atoms with van der Waals surface area (Å²) in [5.74, 6) is 0.254. The Balaban J connectivity index is 1.92. The average Bonchev–Trinajstić information content (AvgIpc) is 2.64. The molecule has 2 N–H and O–H groups in total. The third-order valence-corrected chi connectivity index (χ3v) is 5.01. The van der Waals surface area contributed by atoms with Crippen molar-refractivity contribution >= 4 is 17.5 Å². The summed E-state index contributed by atoms with van der Waals surface area (Å²) in [6.07, 6.45) is 0.867. The van der Waals surface area contributed by atoms with E-state index in [-0.39, 0.29) is 30.9 Å². The molecule has 162 valence electrons. The van der Waals surface area contributed by atoms with Crippen LogP contribution in [0.1, 0.15) is 48.6 Å². The highest BCUT2D eigenvalue weighted by Gasteiger charge is 2.18. The molecule has 0 aliphatic heterocycles. The van der Waals surface area contributed by atoms with Crippen LogP contribution in [0.5, 0.6) is 0 Å². The maximum Gasteiger partial charge on any atom is 0.238 e. The van der Waals surface area contributed by atoms with Crippen molar-refractivity contribution in [3.05, 3.63) is 64.7 Å². The molecule has 0 heterocycles. The Kier molecular flexibility index (Phi) is 8.60. The summed E-state index contributed by atoms with van der Waals surface area (Å²) in [4.78, 5) is 26.9. The van der Waals surface area contributed by atoms with E-state index in [2.05, 4.69) is 36.6 Å². The van der Waals surface area contributed by atoms with Gasteiger partial charge in [-0.25, -0.2) is 0 Å². The van der Waals surface area contributed by atoms with Gasteiger partial charge in [-0.3, -0.25) is 14.5 Å². The SMILES string of the molecule is Cc1cc(C)c(NC(=O)CN(C)CC(=O)N[C@@H](CC(C)C)c2ccccc2)c(C)c1. The summed E-state index contributed by atoms with van der Waals surface area (Å²) in [5.41, 5.74) is 5.21. The van der Waals surface area contributed by atoms with Crippen LogP contribution in [0, 0.1) is 26.7 Å². The summed E-state index contributed by atoms with van der Waals surface area (Å²) in [5, 5.41) is 6.12. The normalized spacial score (nSPS) is 12.1. The number of hydrogen-bond acceptors (Lipinski definition) is 3. The minimum atomic E-state index is -0.123. The van der Waals surface area contributed by atoms with Crippen LogP contribution in [0.15, 0.2) is 42.5 Å². The Morgan fingerprint density at radius 1 is 0.933 bits per heavy atom. The highest BCUT2D eigenvalue weighted by molar-refractivity contribution is 5.94. The van der Waals surface area contributed by atoms with E-state index >= 15 is 0 Å². The van der Waals surface area contributed by atoms with Crippen LogP contribution < -0.4 is 10.6 Å². The third kappa shape index (κ3) is 7.30. The largest absolute Gasteiger partial charge is 0.348 e. The van der Waals surface area contributed by atoms with Gasteiger partial charge in [0.25, 0.3) is 0 Å². The maximum absolute atomic E-state index is 12.6. The first-order valence-corrected chi connectivity index (χ1v) is 10.6. The van der Waals surface area contributed by atoms with Crippen molar-refractivity contribution in [2.45, 2.75) is 47.1 Å². The van der Waals surface area contributed by atoms with Crippen molar-refractivity contribution in [1.82, 2.24) is 10.2 Å². The van der Waals surface area contributed by atoms with E-state index < -0.39 is 0 Å². The molecule has 0 saturated heterocycles. The fourth-order valence-electron chi connectivity index (χ4n) is 3.78. The number of likely N-dealkylation sites (N-methyl/N-ethyl adjacent to an activating group) is 1. The van der Waals surface area contributed by atoms with Crippen molar-refractivity contribution in [2.75, 3.05) is 25.5 Å². The minimum absolute atomic E-state index is 0.0289. The van der Waals surface area contributed by atoms with Gasteiger partial charge in [-0.1, -0.05) is 61.9 Å². The van der Waals surface area contributed by atoms with E-state index in [0.29, 0.717) is 5.92 Å². The number of nitrogens with one attached hydrogen (secondary N) is 2. The molecule has 2 rings (SSSR count). The fraction of sp³-hybridized carbons (Fsp3) is 0.440. The van der Waals surface area contributed by atoms with E-state index in [9.17, 15) is 9.59 Å². The number of carbonyl (C=O) groups excluding carboxylic acids is 2. The molecule has 0 unspecified atom stereocenters. The molecule has 0 radical (unpaired) electrons. The van der Waals surface area contributed by atoms with Gasteiger partial charge in [-0.05, 0) is 56.8 Å². The summed E-state index contributed by atoms with van der Waals surface area (Å²) in [7, 11) is 1.79. The van der Waals surface area contributed by atoms with Gasteiger partial charge in [-0.2, -0.15) is 0 Å². The second-order valence-corrected chi connectivity index (χ2v) is 8.65. The summed E-state index contributed by atoms with van der Waals surface area (Å²) in [6, 6.07) is 14.1. The molecule has 30 heavy (non-hydrogen) atoms. The van der Waals surface area contributed by atoms with Crippen molar-refractivity contribution in [2.24, 2.45) is 5.92 Å². The lowest BCUT2D eigenvalue weighted by molar-refractivity contribution is -0.123. The molecule has 0 aliphatic rings. The smallest absolute Gasteiger partial charge is 0.238 e. The third-order valence-electron chi connectivity index (χ3n) is 5.01. The van der Waals surface area contributed by atoms with E-state index in [4.69, 9.17) is 0 Å². The van der Waals surface area contributed by atoms with Gasteiger partial charge in [0.1, 0.15) is 0 Å². The lowest BCUT2D eigenvalue weighted by Gasteiger charge is -2.23. The Morgan fingerprint density at radius 2 is 1.50 bits per heavy atom. The van der Waals surface area contributed by atoms with E-state index in [1.165, 1.54) is 5.56 Å². The zero-order chi connectivity index (χ0) is 22.3. The average molecular weight is 410 g/mol. The molecule has 5 nitrogen and oxygen atoms in total. The van der Waals surface area contributed by atoms with E-state index in [1.54, 1.807) is 11.9 Å². The molecular formula is C25H35N3O2. The van der Waals surface area contributed by atoms with Crippen molar-refractivity contribution < 1.29 is 9.59 Å². The van der Waals surface area contributed by atoms with Crippen LogP contribution in [-0.4, -0.2) is 36.9 Å². The number of amides is 2. The Bertz CT molecular complexity index is 839. The van der Waals surface area contributed by atoms with Gasteiger partial charge in [0.15, 0.2) is 0 Å². The summed E-state index contributed by atoms with van der Waals surface area (Å²) in [6.45, 7) is 10.6. The Hall–Kier alpha value is -2.66. The number of benzene rings is 2. The molecule has 0 aromatic heterocycles. The zero-order valence-corrected chi connectivity index (χ0v) is 19.1. The zero-order valence-electron chi connectivity index (χ0n) is 19.1. The monoisotopic (exact) mass is 409 g/mol. The molecule has 0 fully saturated rings. The highest BCUT2D eigenvalue weighted by atomic mass is 16.2. The number of aryl methyl sites for hydroxylation is 3. The Morgan fingerprint density at radius 3 is 2.07 bits per heavy atom. The molecule has 1 atom stereocenters. The highest BCUT2D eigenvalue weighted by Crippen LogP contribution is 2.22. The van der Waals surface area contributed by atoms with Gasteiger partial charge in [0, 0.05) is 5.69 Å². The standard InChI is InChI=1S/C25H35N3O2/c1-17(2)12-22(21-10-8-7-9-11-21)26-23(29)15-28(6)16-24(30)27-25-19(4)13-18(3)14-20(25)5/h7-11,13-14,17,22H,12,15-16H2,1-6H3,(H,26,29)(H,27,30)/t22-/m0/s1. The maximum atomic E-state index is 12.6. The number of hydrogen-bond donors (Lipinski definition) is 2. The topological polar surface area (TPSA) is 61.4 Å². The molecule has 0 saturated carbocycles. The minimum Gasteiger partial charge on any atom is -0.348 e. The van der Waals surface area contributed by atoms with Crippen LogP contribution in [0.25, 0.3) is 0 Å². The van der Waals surface area contributed by atoms with Crippen LogP contribution >= 0.6 is 0 Å². The van der Waals surface area contributed by atoms with Gasteiger partial charge in [0.2, 0.25) is 11.8 Å². The molecule has 2 amide bonds.